The Hall–Kier alpha value is -1.05. The normalized spacial score (nSPS) is 19.6. The third-order valence-electron chi connectivity index (χ3n) is 3.62. The average Bonchev–Trinajstić information content (AvgIpc) is 2.87. The Morgan fingerprint density at radius 1 is 1.33 bits per heavy atom. The summed E-state index contributed by atoms with van der Waals surface area (Å²) in [6, 6.07) is 2.72. The highest BCUT2D eigenvalue weighted by Crippen LogP contribution is 2.25. The molecule has 1 atom stereocenters. The Morgan fingerprint density at radius 2 is 1.95 bits per heavy atom. The number of sulfonamides is 1. The Labute approximate surface area is 124 Å². The van der Waals surface area contributed by atoms with Crippen molar-refractivity contribution in [3.63, 3.8) is 0 Å². The first kappa shape index (κ1) is 16.3. The van der Waals surface area contributed by atoms with E-state index in [9.17, 15) is 17.2 Å². The fraction of sp³-hybridized carbons (Fsp3) is 0.571. The molecule has 1 aromatic rings. The molecule has 7 heteroatoms. The van der Waals surface area contributed by atoms with Crippen LogP contribution in [0.4, 0.5) is 8.78 Å². The summed E-state index contributed by atoms with van der Waals surface area (Å²) in [6.45, 7) is 4.45. The number of halogens is 2. The maximum atomic E-state index is 13.8. The van der Waals surface area contributed by atoms with Crippen molar-refractivity contribution in [2.45, 2.75) is 43.7 Å². The molecule has 0 amide bonds. The van der Waals surface area contributed by atoms with Crippen LogP contribution < -0.4 is 5.32 Å². The van der Waals surface area contributed by atoms with Crippen molar-refractivity contribution in [1.29, 1.82) is 0 Å². The number of rotatable bonds is 5. The van der Waals surface area contributed by atoms with Crippen molar-refractivity contribution in [2.24, 2.45) is 0 Å². The molecule has 1 aromatic carbocycles. The van der Waals surface area contributed by atoms with Crippen LogP contribution in [0.3, 0.4) is 0 Å². The first-order valence-corrected chi connectivity index (χ1v) is 8.47. The van der Waals surface area contributed by atoms with E-state index in [2.05, 4.69) is 5.32 Å². The summed E-state index contributed by atoms with van der Waals surface area (Å²) in [5.74, 6) is -2.11. The van der Waals surface area contributed by atoms with E-state index < -0.39 is 26.6 Å². The Balaban J connectivity index is 2.37. The van der Waals surface area contributed by atoms with Gasteiger partial charge >= 0.3 is 0 Å². The highest BCUT2D eigenvalue weighted by Gasteiger charge is 2.34. The maximum absolute atomic E-state index is 13.8. The lowest BCUT2D eigenvalue weighted by Crippen LogP contribution is -2.45. The molecule has 0 aliphatic carbocycles. The van der Waals surface area contributed by atoms with E-state index in [0.29, 0.717) is 0 Å². The lowest BCUT2D eigenvalue weighted by molar-refractivity contribution is 0.319. The summed E-state index contributed by atoms with van der Waals surface area (Å²) in [7, 11) is -4.21. The molecule has 1 unspecified atom stereocenters. The second kappa shape index (κ2) is 6.37. The lowest BCUT2D eigenvalue weighted by Gasteiger charge is -2.28. The number of nitrogens with zero attached hydrogens (tertiary/aromatic N) is 1. The molecule has 1 fully saturated rings. The van der Waals surface area contributed by atoms with E-state index in [1.54, 1.807) is 13.8 Å². The van der Waals surface area contributed by atoms with Gasteiger partial charge < -0.3 is 5.32 Å². The SMILES string of the molecule is CC(C)N(CC1CCCN1)S(=O)(=O)c1c(F)cccc1F. The van der Waals surface area contributed by atoms with Gasteiger partial charge in [-0.15, -0.1) is 0 Å². The van der Waals surface area contributed by atoms with Gasteiger partial charge in [0.05, 0.1) is 0 Å². The van der Waals surface area contributed by atoms with E-state index in [-0.39, 0.29) is 18.6 Å². The van der Waals surface area contributed by atoms with Gasteiger partial charge in [-0.25, -0.2) is 17.2 Å². The van der Waals surface area contributed by atoms with Crippen molar-refractivity contribution in [1.82, 2.24) is 9.62 Å². The van der Waals surface area contributed by atoms with Crippen molar-refractivity contribution in [2.75, 3.05) is 13.1 Å². The summed E-state index contributed by atoms with van der Waals surface area (Å²) in [4.78, 5) is -0.864. The largest absolute Gasteiger partial charge is 0.313 e. The maximum Gasteiger partial charge on any atom is 0.249 e. The van der Waals surface area contributed by atoms with Crippen LogP contribution in [0.5, 0.6) is 0 Å². The third kappa shape index (κ3) is 3.41. The number of nitrogens with one attached hydrogen (secondary N) is 1. The van der Waals surface area contributed by atoms with Gasteiger partial charge in [-0.3, -0.25) is 0 Å². The van der Waals surface area contributed by atoms with Crippen molar-refractivity contribution >= 4 is 10.0 Å². The zero-order valence-electron chi connectivity index (χ0n) is 12.1. The predicted molar refractivity (Wildman–Crippen MR) is 76.4 cm³/mol. The van der Waals surface area contributed by atoms with E-state index in [0.717, 1.165) is 41.9 Å². The van der Waals surface area contributed by atoms with Crippen LogP contribution in [0, 0.1) is 11.6 Å². The molecule has 1 N–H and O–H groups in total. The van der Waals surface area contributed by atoms with E-state index >= 15 is 0 Å². The molecule has 4 nitrogen and oxygen atoms in total. The topological polar surface area (TPSA) is 49.4 Å². The molecular weight excluding hydrogens is 298 g/mol. The molecule has 0 aromatic heterocycles. The molecule has 1 saturated heterocycles. The van der Waals surface area contributed by atoms with Crippen molar-refractivity contribution in [3.8, 4) is 0 Å². The Bertz CT molecular complexity index is 579. The quantitative estimate of drug-likeness (QED) is 0.905. The second-order valence-electron chi connectivity index (χ2n) is 5.51. The van der Waals surface area contributed by atoms with Crippen LogP contribution in [-0.4, -0.2) is 37.9 Å². The van der Waals surface area contributed by atoms with Crippen molar-refractivity contribution in [3.05, 3.63) is 29.8 Å². The first-order valence-electron chi connectivity index (χ1n) is 7.03. The number of hydrogen-bond acceptors (Lipinski definition) is 3. The van der Waals surface area contributed by atoms with Gasteiger partial charge in [-0.05, 0) is 45.4 Å². The first-order chi connectivity index (χ1) is 9.84. The van der Waals surface area contributed by atoms with Crippen LogP contribution in [0.25, 0.3) is 0 Å². The van der Waals surface area contributed by atoms with Gasteiger partial charge in [0.1, 0.15) is 11.6 Å². The van der Waals surface area contributed by atoms with E-state index in [1.165, 1.54) is 0 Å². The predicted octanol–water partition coefficient (Wildman–Crippen LogP) is 2.12. The Morgan fingerprint density at radius 3 is 2.43 bits per heavy atom. The van der Waals surface area contributed by atoms with E-state index in [4.69, 9.17) is 0 Å². The summed E-state index contributed by atoms with van der Waals surface area (Å²) < 4.78 is 54.1. The zero-order chi connectivity index (χ0) is 15.6. The smallest absolute Gasteiger partial charge is 0.249 e. The van der Waals surface area contributed by atoms with Gasteiger partial charge in [0.2, 0.25) is 10.0 Å². The molecule has 0 radical (unpaired) electrons. The van der Waals surface area contributed by atoms with Crippen LogP contribution >= 0.6 is 0 Å². The number of benzene rings is 1. The van der Waals surface area contributed by atoms with Crippen LogP contribution in [-0.2, 0) is 10.0 Å². The van der Waals surface area contributed by atoms with E-state index in [1.807, 2.05) is 0 Å². The zero-order valence-corrected chi connectivity index (χ0v) is 13.0. The molecular formula is C14H20F2N2O2S. The van der Waals surface area contributed by atoms with Crippen LogP contribution in [0.1, 0.15) is 26.7 Å². The summed E-state index contributed by atoms with van der Waals surface area (Å²) in [6.07, 6.45) is 1.84. The fourth-order valence-electron chi connectivity index (χ4n) is 2.56. The molecule has 1 aliphatic rings. The molecule has 1 heterocycles. The Kier molecular flexibility index (Phi) is 4.95. The summed E-state index contributed by atoms with van der Waals surface area (Å²) >= 11 is 0. The minimum atomic E-state index is -4.21. The monoisotopic (exact) mass is 318 g/mol. The van der Waals surface area contributed by atoms with Gasteiger partial charge in [0.25, 0.3) is 0 Å². The molecule has 118 valence electrons. The lowest BCUT2D eigenvalue weighted by atomic mass is 10.2. The minimum Gasteiger partial charge on any atom is -0.313 e. The van der Waals surface area contributed by atoms with Crippen LogP contribution in [0.15, 0.2) is 23.1 Å². The van der Waals surface area contributed by atoms with Gasteiger partial charge in [0, 0.05) is 18.6 Å². The standard InChI is InChI=1S/C14H20F2N2O2S/c1-10(2)18(9-11-5-4-8-17-11)21(19,20)14-12(15)6-3-7-13(14)16/h3,6-7,10-11,17H,4-5,8-9H2,1-2H3. The third-order valence-corrected chi connectivity index (χ3v) is 5.72. The fourth-order valence-corrected chi connectivity index (χ4v) is 4.36. The molecule has 0 saturated carbocycles. The second-order valence-corrected chi connectivity index (χ2v) is 7.34. The van der Waals surface area contributed by atoms with Gasteiger partial charge in [-0.1, -0.05) is 6.07 Å². The molecule has 21 heavy (non-hydrogen) atoms. The molecule has 0 bridgehead atoms. The number of hydrogen-bond donors (Lipinski definition) is 1. The molecule has 0 spiro atoms. The molecule has 1 aliphatic heterocycles. The minimum absolute atomic E-state index is 0.0250. The molecule has 2 rings (SSSR count). The summed E-state index contributed by atoms with van der Waals surface area (Å²) in [5, 5.41) is 3.20. The van der Waals surface area contributed by atoms with Gasteiger partial charge in [0.15, 0.2) is 4.90 Å². The van der Waals surface area contributed by atoms with Crippen LogP contribution in [0.2, 0.25) is 0 Å². The highest BCUT2D eigenvalue weighted by atomic mass is 32.2. The average molecular weight is 318 g/mol. The van der Waals surface area contributed by atoms with Gasteiger partial charge in [-0.2, -0.15) is 4.31 Å². The van der Waals surface area contributed by atoms with Crippen molar-refractivity contribution < 1.29 is 17.2 Å². The highest BCUT2D eigenvalue weighted by molar-refractivity contribution is 7.89. The summed E-state index contributed by atoms with van der Waals surface area (Å²) in [5.41, 5.74) is 0.